The van der Waals surface area contributed by atoms with E-state index in [2.05, 4.69) is 177 Å². The number of para-hydroxylation sites is 1. The first-order chi connectivity index (χ1) is 25.4. The van der Waals surface area contributed by atoms with Crippen molar-refractivity contribution in [1.82, 2.24) is 4.98 Å². The minimum Gasteiger partial charge on any atom is -0.455 e. The first-order valence-electron chi connectivity index (χ1n) is 20.7. The maximum atomic E-state index is 7.00. The molecule has 0 aliphatic rings. The van der Waals surface area contributed by atoms with E-state index in [0.717, 1.165) is 33.2 Å². The van der Waals surface area contributed by atoms with E-state index < -0.39 is 0 Å². The summed E-state index contributed by atoms with van der Waals surface area (Å²) in [5.74, 6) is 2.38. The topological polar surface area (TPSA) is 26.0 Å². The van der Waals surface area contributed by atoms with Crippen molar-refractivity contribution in [1.29, 1.82) is 0 Å². The Hall–Kier alpha value is -4.11. The van der Waals surface area contributed by atoms with Crippen LogP contribution in [0.2, 0.25) is 0 Å². The van der Waals surface area contributed by atoms with Crippen LogP contribution in [0.3, 0.4) is 0 Å². The van der Waals surface area contributed by atoms with Crippen molar-refractivity contribution in [2.75, 3.05) is 0 Å². The van der Waals surface area contributed by atoms with Gasteiger partial charge in [-0.15, -0.1) is 0 Å². The molecular formula is C51H64BNO. The Morgan fingerprint density at radius 2 is 1.04 bits per heavy atom. The number of pyridine rings is 1. The monoisotopic (exact) mass is 718 g/mol. The Kier molecular flexibility index (Phi) is 11.1. The number of hydrogen-bond donors (Lipinski definition) is 0. The van der Waals surface area contributed by atoms with Gasteiger partial charge in [0, 0.05) is 22.5 Å². The fourth-order valence-corrected chi connectivity index (χ4v) is 8.41. The lowest BCUT2D eigenvalue weighted by molar-refractivity contribution is 0.589. The SMILES string of the molecule is CC(C)c1cc(C(C)C)c(B(c2ccc3c(c2)oc2c(-c4cc(C(C)(C)C)ccn4)cccc23)c2c(C(C)C)cc(C(C)C)cc2C(C)C)c(C(C)C)c1. The summed E-state index contributed by atoms with van der Waals surface area (Å²) in [5, 5.41) is 2.28. The minimum atomic E-state index is 0.0253. The maximum absolute atomic E-state index is 7.00. The van der Waals surface area contributed by atoms with Crippen LogP contribution in [0.4, 0.5) is 0 Å². The third-order valence-corrected chi connectivity index (χ3v) is 11.7. The quantitative estimate of drug-likeness (QED) is 0.132. The van der Waals surface area contributed by atoms with Crippen molar-refractivity contribution in [3.8, 4) is 11.3 Å². The first kappa shape index (κ1) is 39.6. The van der Waals surface area contributed by atoms with Crippen LogP contribution in [-0.2, 0) is 5.41 Å². The molecule has 2 nitrogen and oxygen atoms in total. The minimum absolute atomic E-state index is 0.0253. The molecule has 2 aromatic heterocycles. The van der Waals surface area contributed by atoms with E-state index >= 15 is 0 Å². The highest BCUT2D eigenvalue weighted by molar-refractivity contribution is 6.96. The van der Waals surface area contributed by atoms with Crippen LogP contribution in [0.5, 0.6) is 0 Å². The molecule has 6 rings (SSSR count). The molecule has 0 radical (unpaired) electrons. The number of benzene rings is 4. The molecule has 0 fully saturated rings. The first-order valence-corrected chi connectivity index (χ1v) is 20.7. The molecule has 0 atom stereocenters. The fraction of sp³-hybridized carbons (Fsp3) is 0.431. The molecule has 0 N–H and O–H groups in total. The van der Waals surface area contributed by atoms with E-state index in [0.29, 0.717) is 35.5 Å². The molecule has 0 saturated carbocycles. The van der Waals surface area contributed by atoms with Crippen molar-refractivity contribution in [2.45, 2.75) is 145 Å². The molecule has 54 heavy (non-hydrogen) atoms. The third kappa shape index (κ3) is 7.45. The maximum Gasteiger partial charge on any atom is 0.242 e. The average Bonchev–Trinajstić information content (AvgIpc) is 3.49. The van der Waals surface area contributed by atoms with Crippen LogP contribution in [-0.4, -0.2) is 11.7 Å². The van der Waals surface area contributed by atoms with Gasteiger partial charge >= 0.3 is 0 Å². The summed E-state index contributed by atoms with van der Waals surface area (Å²) in [6, 6.07) is 28.1. The molecule has 2 heterocycles. The number of nitrogens with zero attached hydrogens (tertiary/aromatic N) is 1. The summed E-state index contributed by atoms with van der Waals surface area (Å²) in [6.07, 6.45) is 1.94. The van der Waals surface area contributed by atoms with Gasteiger partial charge in [-0.3, -0.25) is 4.98 Å². The van der Waals surface area contributed by atoms with E-state index in [4.69, 9.17) is 9.40 Å². The van der Waals surface area contributed by atoms with Gasteiger partial charge in [0.15, 0.2) is 0 Å². The predicted molar refractivity (Wildman–Crippen MR) is 238 cm³/mol. The largest absolute Gasteiger partial charge is 0.455 e. The lowest BCUT2D eigenvalue weighted by Gasteiger charge is -2.32. The van der Waals surface area contributed by atoms with E-state index in [1.54, 1.807) is 0 Å². The summed E-state index contributed by atoms with van der Waals surface area (Å²) < 4.78 is 7.00. The van der Waals surface area contributed by atoms with Crippen LogP contribution in [0.1, 0.15) is 178 Å². The van der Waals surface area contributed by atoms with E-state index in [1.807, 2.05) is 6.20 Å². The summed E-state index contributed by atoms with van der Waals surface area (Å²) in [6.45, 7) is 35.2. The fourth-order valence-electron chi connectivity index (χ4n) is 8.41. The van der Waals surface area contributed by atoms with Gasteiger partial charge in [0.2, 0.25) is 6.71 Å². The molecule has 4 aromatic carbocycles. The lowest BCUT2D eigenvalue weighted by Crippen LogP contribution is -2.57. The Balaban J connectivity index is 1.72. The molecule has 6 aromatic rings. The summed E-state index contributed by atoms with van der Waals surface area (Å²) >= 11 is 0. The van der Waals surface area contributed by atoms with Crippen molar-refractivity contribution in [3.05, 3.63) is 118 Å². The zero-order valence-electron chi connectivity index (χ0n) is 35.9. The molecule has 0 amide bonds. The Bertz CT molecular complexity index is 2160. The third-order valence-electron chi connectivity index (χ3n) is 11.7. The Morgan fingerprint density at radius 1 is 0.537 bits per heavy atom. The number of furan rings is 1. The van der Waals surface area contributed by atoms with Gasteiger partial charge in [0.05, 0.1) is 5.69 Å². The van der Waals surface area contributed by atoms with Gasteiger partial charge < -0.3 is 4.42 Å². The van der Waals surface area contributed by atoms with Crippen molar-refractivity contribution in [2.24, 2.45) is 0 Å². The van der Waals surface area contributed by atoms with Gasteiger partial charge in [-0.05, 0) is 104 Å². The van der Waals surface area contributed by atoms with Gasteiger partial charge in [-0.2, -0.15) is 0 Å². The van der Waals surface area contributed by atoms with Gasteiger partial charge in [-0.1, -0.05) is 169 Å². The van der Waals surface area contributed by atoms with Gasteiger partial charge in [0.1, 0.15) is 11.2 Å². The normalized spacial score (nSPS) is 12.6. The van der Waals surface area contributed by atoms with E-state index in [1.165, 1.54) is 55.3 Å². The highest BCUT2D eigenvalue weighted by Gasteiger charge is 2.35. The second-order valence-electron chi connectivity index (χ2n) is 18.8. The van der Waals surface area contributed by atoms with Crippen LogP contribution in [0.25, 0.3) is 33.2 Å². The predicted octanol–water partition coefficient (Wildman–Crippen LogP) is 13.2. The smallest absolute Gasteiger partial charge is 0.242 e. The molecule has 0 aliphatic heterocycles. The number of aromatic nitrogens is 1. The second kappa shape index (κ2) is 15.2. The number of fused-ring (bicyclic) bond motifs is 3. The highest BCUT2D eigenvalue weighted by Crippen LogP contribution is 2.37. The molecule has 0 unspecified atom stereocenters. The van der Waals surface area contributed by atoms with Gasteiger partial charge in [0.25, 0.3) is 0 Å². The molecule has 0 bridgehead atoms. The number of rotatable bonds is 10. The summed E-state index contributed by atoms with van der Waals surface area (Å²) in [7, 11) is 0. The zero-order valence-corrected chi connectivity index (χ0v) is 35.9. The molecule has 3 heteroatoms. The lowest BCUT2D eigenvalue weighted by atomic mass is 9.33. The van der Waals surface area contributed by atoms with E-state index in [9.17, 15) is 0 Å². The van der Waals surface area contributed by atoms with Crippen molar-refractivity contribution < 1.29 is 4.42 Å². The summed E-state index contributed by atoms with van der Waals surface area (Å²) in [5.41, 5.74) is 18.1. The van der Waals surface area contributed by atoms with Crippen LogP contribution < -0.4 is 16.4 Å². The van der Waals surface area contributed by atoms with Crippen LogP contribution >= 0.6 is 0 Å². The molecule has 282 valence electrons. The van der Waals surface area contributed by atoms with Crippen LogP contribution in [0, 0.1) is 0 Å². The molecular weight excluding hydrogens is 653 g/mol. The molecule has 0 aliphatic carbocycles. The van der Waals surface area contributed by atoms with Gasteiger partial charge in [-0.25, -0.2) is 0 Å². The highest BCUT2D eigenvalue weighted by atomic mass is 16.3. The molecule has 0 spiro atoms. The summed E-state index contributed by atoms with van der Waals surface area (Å²) in [4.78, 5) is 4.85. The average molecular weight is 718 g/mol. The molecule has 0 saturated heterocycles. The zero-order chi connectivity index (χ0) is 39.4. The Morgan fingerprint density at radius 3 is 1.48 bits per heavy atom. The van der Waals surface area contributed by atoms with Crippen molar-refractivity contribution in [3.63, 3.8) is 0 Å². The van der Waals surface area contributed by atoms with Crippen molar-refractivity contribution >= 4 is 45.0 Å². The van der Waals surface area contributed by atoms with E-state index in [-0.39, 0.29) is 12.1 Å². The van der Waals surface area contributed by atoms with Crippen LogP contribution in [0.15, 0.2) is 83.4 Å². The standard InChI is InChI=1S/C51H64BNO/c1-29(2)35-23-42(31(5)6)48(43(24-35)32(7)8)52(49-44(33(9)10)25-36(30(3)4)26-45(49)34(11)12)38-19-20-39-40-17-16-18-41(50(40)54-47(39)28-38)46-27-37(21-22-53-46)51(13,14)15/h16-34H,1-15H3. The number of hydrogen-bond acceptors (Lipinski definition) is 2. The second-order valence-corrected chi connectivity index (χ2v) is 18.8. The Labute approximate surface area is 327 Å².